The van der Waals surface area contributed by atoms with Gasteiger partial charge in [-0.1, -0.05) is 23.5 Å². The zero-order valence-corrected chi connectivity index (χ0v) is 24.6. The van der Waals surface area contributed by atoms with Crippen molar-refractivity contribution in [3.05, 3.63) is 69.4 Å². The highest BCUT2D eigenvalue weighted by Gasteiger charge is 2.32. The van der Waals surface area contributed by atoms with Crippen LogP contribution in [0.25, 0.3) is 21.5 Å². The van der Waals surface area contributed by atoms with E-state index in [1.54, 1.807) is 15.6 Å². The molecule has 0 aliphatic carbocycles. The first kappa shape index (κ1) is 30.0. The molecular formula is C29H30F3N7O4S. The molecule has 1 N–H and O–H groups in total. The van der Waals surface area contributed by atoms with Crippen molar-refractivity contribution in [2.75, 3.05) is 44.2 Å². The number of aromatic nitrogens is 3. The molecule has 0 radical (unpaired) electrons. The van der Waals surface area contributed by atoms with E-state index in [1.165, 1.54) is 42.5 Å². The number of anilines is 1. The number of aliphatic hydroxyl groups is 1. The molecule has 2 aromatic carbocycles. The summed E-state index contributed by atoms with van der Waals surface area (Å²) in [5.41, 5.74) is 2.70. The molecule has 15 heteroatoms. The number of rotatable bonds is 7. The molecule has 11 nitrogen and oxygen atoms in total. The van der Waals surface area contributed by atoms with Crippen LogP contribution in [0.15, 0.2) is 42.5 Å². The molecule has 0 bridgehead atoms. The van der Waals surface area contributed by atoms with Crippen LogP contribution in [-0.2, 0) is 30.5 Å². The summed E-state index contributed by atoms with van der Waals surface area (Å²) in [4.78, 5) is 33.4. The lowest BCUT2D eigenvalue weighted by molar-refractivity contribution is -0.384. The van der Waals surface area contributed by atoms with Gasteiger partial charge in [-0.15, -0.1) is 0 Å². The minimum Gasteiger partial charge on any atom is -0.390 e. The van der Waals surface area contributed by atoms with E-state index in [0.29, 0.717) is 63.5 Å². The van der Waals surface area contributed by atoms with Crippen LogP contribution in [0.2, 0.25) is 0 Å². The number of non-ortho nitro benzene ring substituents is 1. The Balaban J connectivity index is 1.13. The zero-order valence-electron chi connectivity index (χ0n) is 23.8. The van der Waals surface area contributed by atoms with Crippen molar-refractivity contribution in [1.82, 2.24) is 24.6 Å². The van der Waals surface area contributed by atoms with E-state index in [0.717, 1.165) is 38.7 Å². The number of β-amino-alcohol motifs (C(OH)–C–C–N with tert-alkyl or cyclic N) is 1. The van der Waals surface area contributed by atoms with Crippen LogP contribution in [0.3, 0.4) is 0 Å². The smallest absolute Gasteiger partial charge is 0.390 e. The number of hydrogen-bond donors (Lipinski definition) is 1. The number of thiazole rings is 1. The van der Waals surface area contributed by atoms with Crippen molar-refractivity contribution in [3.63, 3.8) is 0 Å². The van der Waals surface area contributed by atoms with Gasteiger partial charge < -0.3 is 14.9 Å². The van der Waals surface area contributed by atoms with Crippen molar-refractivity contribution in [2.24, 2.45) is 0 Å². The molecule has 1 fully saturated rings. The van der Waals surface area contributed by atoms with Gasteiger partial charge in [0, 0.05) is 88.1 Å². The lowest BCUT2D eigenvalue weighted by Crippen LogP contribution is -2.49. The van der Waals surface area contributed by atoms with Crippen LogP contribution in [0.1, 0.15) is 23.7 Å². The maximum absolute atomic E-state index is 13.1. The molecule has 2 aliphatic rings. The SMILES string of the molecule is CC(=O)N1CCc2c(c(-c3ccc(C(F)(F)F)cc3)nn2CC(O)CN2CCN(c3nc4ccc([N+](=O)[O-])cc4s3)CC2)C1. The molecule has 2 aliphatic heterocycles. The number of carbonyl (C=O) groups excluding carboxylic acids is 1. The number of nitro benzene ring substituents is 1. The van der Waals surface area contributed by atoms with Crippen molar-refractivity contribution < 1.29 is 28.0 Å². The molecular weight excluding hydrogens is 599 g/mol. The van der Waals surface area contributed by atoms with Crippen LogP contribution < -0.4 is 4.90 Å². The average molecular weight is 630 g/mol. The van der Waals surface area contributed by atoms with Gasteiger partial charge in [0.05, 0.1) is 39.0 Å². The third-order valence-corrected chi connectivity index (χ3v) is 9.21. The quantitative estimate of drug-likeness (QED) is 0.239. The highest BCUT2D eigenvalue weighted by molar-refractivity contribution is 7.22. The Kier molecular flexibility index (Phi) is 8.02. The molecule has 44 heavy (non-hydrogen) atoms. The normalized spacial score (nSPS) is 16.8. The fourth-order valence-electron chi connectivity index (χ4n) is 5.79. The van der Waals surface area contributed by atoms with E-state index >= 15 is 0 Å². The molecule has 1 amide bonds. The van der Waals surface area contributed by atoms with Gasteiger partial charge in [0.25, 0.3) is 5.69 Å². The second kappa shape index (κ2) is 11.8. The van der Waals surface area contributed by atoms with Gasteiger partial charge in [-0.25, -0.2) is 4.98 Å². The number of nitrogens with zero attached hydrogens (tertiary/aromatic N) is 7. The van der Waals surface area contributed by atoms with Crippen LogP contribution in [-0.4, -0.2) is 85.9 Å². The molecule has 4 aromatic rings. The topological polar surface area (TPSA) is 121 Å². The Labute approximate surface area is 254 Å². The average Bonchev–Trinajstić information content (AvgIpc) is 3.58. The number of piperazine rings is 1. The lowest BCUT2D eigenvalue weighted by atomic mass is 10.00. The van der Waals surface area contributed by atoms with E-state index in [-0.39, 0.29) is 18.1 Å². The van der Waals surface area contributed by atoms with E-state index in [2.05, 4.69) is 14.8 Å². The highest BCUT2D eigenvalue weighted by Crippen LogP contribution is 2.35. The Morgan fingerprint density at radius 1 is 1.09 bits per heavy atom. The Hall–Kier alpha value is -4.08. The summed E-state index contributed by atoms with van der Waals surface area (Å²) in [5, 5.41) is 27.7. The number of amides is 1. The Morgan fingerprint density at radius 2 is 1.82 bits per heavy atom. The van der Waals surface area contributed by atoms with E-state index in [9.17, 15) is 33.2 Å². The molecule has 0 spiro atoms. The van der Waals surface area contributed by atoms with Gasteiger partial charge >= 0.3 is 6.18 Å². The number of benzene rings is 2. The standard InChI is InChI=1S/C29H30F3N7O4S/c1-18(40)37-9-8-25-23(17-37)27(19-2-4-20(5-3-19)29(30,31)32)34-38(25)16-22(41)15-35-10-12-36(13-11-35)28-33-24-7-6-21(39(42)43)14-26(24)44-28/h2-7,14,22,41H,8-13,15-17H2,1H3. The van der Waals surface area contributed by atoms with Crippen LogP contribution in [0.5, 0.6) is 0 Å². The van der Waals surface area contributed by atoms with Crippen LogP contribution >= 0.6 is 11.3 Å². The van der Waals surface area contributed by atoms with Gasteiger partial charge in [-0.3, -0.25) is 24.5 Å². The number of aliphatic hydroxyl groups excluding tert-OH is 1. The molecule has 232 valence electrons. The van der Waals surface area contributed by atoms with Gasteiger partial charge in [-0.2, -0.15) is 18.3 Å². The van der Waals surface area contributed by atoms with E-state index < -0.39 is 22.8 Å². The fourth-order valence-corrected chi connectivity index (χ4v) is 6.84. The van der Waals surface area contributed by atoms with Crippen LogP contribution in [0, 0.1) is 10.1 Å². The minimum atomic E-state index is -4.45. The molecule has 4 heterocycles. The molecule has 2 aromatic heterocycles. The van der Waals surface area contributed by atoms with Gasteiger partial charge in [-0.05, 0) is 18.2 Å². The van der Waals surface area contributed by atoms with Crippen LogP contribution in [0.4, 0.5) is 24.0 Å². The van der Waals surface area contributed by atoms with Crippen molar-refractivity contribution in [3.8, 4) is 11.3 Å². The third-order valence-electron chi connectivity index (χ3n) is 8.13. The van der Waals surface area contributed by atoms with Gasteiger partial charge in [0.2, 0.25) is 5.91 Å². The minimum absolute atomic E-state index is 0.0348. The Morgan fingerprint density at radius 3 is 2.48 bits per heavy atom. The largest absolute Gasteiger partial charge is 0.416 e. The van der Waals surface area contributed by atoms with Crippen molar-refractivity contribution in [1.29, 1.82) is 0 Å². The fraction of sp³-hybridized carbons (Fsp3) is 0.414. The first-order chi connectivity index (χ1) is 21.0. The maximum atomic E-state index is 13.1. The number of fused-ring (bicyclic) bond motifs is 2. The predicted molar refractivity (Wildman–Crippen MR) is 158 cm³/mol. The Bertz CT molecular complexity index is 1700. The summed E-state index contributed by atoms with van der Waals surface area (Å²) in [6.45, 7) is 5.65. The molecule has 1 unspecified atom stereocenters. The van der Waals surface area contributed by atoms with E-state index in [1.807, 2.05) is 0 Å². The first-order valence-electron chi connectivity index (χ1n) is 14.2. The number of nitro groups is 1. The number of halogens is 3. The number of carbonyl (C=O) groups is 1. The summed E-state index contributed by atoms with van der Waals surface area (Å²) < 4.78 is 41.9. The highest BCUT2D eigenvalue weighted by atomic mass is 32.1. The van der Waals surface area contributed by atoms with Crippen molar-refractivity contribution in [2.45, 2.75) is 38.7 Å². The van der Waals surface area contributed by atoms with Crippen molar-refractivity contribution >= 4 is 38.3 Å². The first-order valence-corrected chi connectivity index (χ1v) is 15.0. The zero-order chi connectivity index (χ0) is 31.2. The number of alkyl halides is 3. The van der Waals surface area contributed by atoms with E-state index in [4.69, 9.17) is 5.10 Å². The van der Waals surface area contributed by atoms with Gasteiger partial charge in [0.1, 0.15) is 0 Å². The molecule has 0 saturated carbocycles. The predicted octanol–water partition coefficient (Wildman–Crippen LogP) is 4.17. The summed E-state index contributed by atoms with van der Waals surface area (Å²) in [6, 6.07) is 9.49. The molecule has 1 saturated heterocycles. The molecule has 6 rings (SSSR count). The number of hydrogen-bond acceptors (Lipinski definition) is 9. The monoisotopic (exact) mass is 629 g/mol. The maximum Gasteiger partial charge on any atom is 0.416 e. The van der Waals surface area contributed by atoms with Gasteiger partial charge in [0.15, 0.2) is 5.13 Å². The summed E-state index contributed by atoms with van der Waals surface area (Å²) in [5.74, 6) is -0.0897. The molecule has 1 atom stereocenters. The lowest BCUT2D eigenvalue weighted by Gasteiger charge is -2.35. The third kappa shape index (κ3) is 6.12. The second-order valence-electron chi connectivity index (χ2n) is 11.1. The summed E-state index contributed by atoms with van der Waals surface area (Å²) in [7, 11) is 0. The second-order valence-corrected chi connectivity index (χ2v) is 12.1. The summed E-state index contributed by atoms with van der Waals surface area (Å²) in [6.07, 6.45) is -4.67. The summed E-state index contributed by atoms with van der Waals surface area (Å²) >= 11 is 1.42.